The molecule has 0 aromatic heterocycles. The molecule has 2 aromatic rings. The summed E-state index contributed by atoms with van der Waals surface area (Å²) in [4.78, 5) is 23.3. The highest BCUT2D eigenvalue weighted by Gasteiger charge is 2.34. The van der Waals surface area contributed by atoms with E-state index in [1.54, 1.807) is 0 Å². The lowest BCUT2D eigenvalue weighted by Gasteiger charge is -2.19. The highest BCUT2D eigenvalue weighted by Crippen LogP contribution is 2.31. The number of amides is 2. The predicted octanol–water partition coefficient (Wildman–Crippen LogP) is 2.72. The molecule has 156 valence electrons. The number of rotatable bonds is 9. The lowest BCUT2D eigenvalue weighted by molar-refractivity contribution is -0.185. The number of hydrogen-bond acceptors (Lipinski definition) is 4. The van der Waals surface area contributed by atoms with Gasteiger partial charge in [-0.25, -0.2) is 4.39 Å². The van der Waals surface area contributed by atoms with Gasteiger partial charge in [-0.1, -0.05) is 18.2 Å². The van der Waals surface area contributed by atoms with Crippen LogP contribution in [0.2, 0.25) is 0 Å². The Morgan fingerprint density at radius 3 is 2.41 bits per heavy atom. The number of carbonyl (C=O) groups is 2. The first kappa shape index (κ1) is 22.2. The number of benzene rings is 2. The summed E-state index contributed by atoms with van der Waals surface area (Å²) < 4.78 is 51.0. The lowest BCUT2D eigenvalue weighted by atomic mass is 10.2. The number of nitrogens with one attached hydrogen (secondary N) is 2. The first-order valence-corrected chi connectivity index (χ1v) is 8.67. The van der Waals surface area contributed by atoms with Crippen LogP contribution in [0.1, 0.15) is 18.1 Å². The van der Waals surface area contributed by atoms with Gasteiger partial charge in [0.2, 0.25) is 11.8 Å². The van der Waals surface area contributed by atoms with Gasteiger partial charge in [-0.05, 0) is 35.9 Å². The van der Waals surface area contributed by atoms with E-state index in [9.17, 15) is 22.8 Å². The van der Waals surface area contributed by atoms with Crippen LogP contribution in [0.25, 0.3) is 0 Å². The zero-order valence-corrected chi connectivity index (χ0v) is 15.9. The first-order valence-electron chi connectivity index (χ1n) is 8.67. The van der Waals surface area contributed by atoms with Crippen molar-refractivity contribution in [3.05, 3.63) is 65.5 Å². The smallest absolute Gasteiger partial charge is 0.426 e. The summed E-state index contributed by atoms with van der Waals surface area (Å²) in [5.74, 6) is -1.73. The van der Waals surface area contributed by atoms with Crippen LogP contribution in [0.3, 0.4) is 0 Å². The van der Waals surface area contributed by atoms with Crippen molar-refractivity contribution in [2.45, 2.75) is 25.6 Å². The van der Waals surface area contributed by atoms with Crippen molar-refractivity contribution < 1.29 is 32.2 Å². The van der Waals surface area contributed by atoms with Crippen LogP contribution in [0.15, 0.2) is 48.5 Å². The molecule has 0 fully saturated rings. The van der Waals surface area contributed by atoms with Gasteiger partial charge in [-0.2, -0.15) is 8.78 Å². The van der Waals surface area contributed by atoms with Gasteiger partial charge in [0.05, 0.1) is 12.2 Å². The Balaban J connectivity index is 1.96. The molecule has 0 saturated carbocycles. The van der Waals surface area contributed by atoms with Crippen LogP contribution >= 0.6 is 0 Å². The van der Waals surface area contributed by atoms with E-state index in [-0.39, 0.29) is 24.8 Å². The summed E-state index contributed by atoms with van der Waals surface area (Å²) in [6, 6.07) is 8.79. The average Bonchev–Trinajstić information content (AvgIpc) is 2.66. The zero-order valence-electron chi connectivity index (χ0n) is 15.9. The maximum absolute atomic E-state index is 14.1. The predicted molar refractivity (Wildman–Crippen MR) is 98.7 cm³/mol. The number of halogens is 3. The Kier molecular flexibility index (Phi) is 7.60. The van der Waals surface area contributed by atoms with Gasteiger partial charge in [0.25, 0.3) is 0 Å². The number of hydrogen-bond donors (Lipinski definition) is 2. The second-order valence-electron chi connectivity index (χ2n) is 6.20. The minimum atomic E-state index is -3.70. The Morgan fingerprint density at radius 1 is 1.14 bits per heavy atom. The fraction of sp³-hybridized carbons (Fsp3) is 0.300. The van der Waals surface area contributed by atoms with E-state index >= 15 is 0 Å². The van der Waals surface area contributed by atoms with Crippen molar-refractivity contribution >= 4 is 11.8 Å². The number of carbonyl (C=O) groups excluding carboxylic acids is 2. The summed E-state index contributed by atoms with van der Waals surface area (Å²) in [6.45, 7) is 1.40. The van der Waals surface area contributed by atoms with Crippen LogP contribution in [0.4, 0.5) is 13.2 Å². The van der Waals surface area contributed by atoms with Gasteiger partial charge < -0.3 is 20.1 Å². The Morgan fingerprint density at radius 2 is 1.83 bits per heavy atom. The van der Waals surface area contributed by atoms with E-state index in [2.05, 4.69) is 15.4 Å². The van der Waals surface area contributed by atoms with Crippen molar-refractivity contribution in [1.29, 1.82) is 0 Å². The number of ether oxygens (including phenoxy) is 2. The van der Waals surface area contributed by atoms with Crippen LogP contribution in [-0.4, -0.2) is 31.6 Å². The van der Waals surface area contributed by atoms with E-state index in [1.165, 1.54) is 44.4 Å². The lowest BCUT2D eigenvalue weighted by Crippen LogP contribution is -2.48. The van der Waals surface area contributed by atoms with Crippen LogP contribution < -0.4 is 15.4 Å². The summed E-state index contributed by atoms with van der Waals surface area (Å²) in [6.07, 6.45) is -3.70. The molecule has 2 rings (SSSR count). The van der Waals surface area contributed by atoms with Gasteiger partial charge >= 0.3 is 6.11 Å². The Hall–Kier alpha value is -3.07. The van der Waals surface area contributed by atoms with Gasteiger partial charge in [0.15, 0.2) is 0 Å². The molecule has 0 bridgehead atoms. The van der Waals surface area contributed by atoms with E-state index in [0.29, 0.717) is 11.6 Å². The highest BCUT2D eigenvalue weighted by molar-refractivity contribution is 5.86. The maximum Gasteiger partial charge on any atom is 0.426 e. The molecule has 0 aliphatic carbocycles. The molecule has 2 aromatic carbocycles. The van der Waals surface area contributed by atoms with Gasteiger partial charge in [0.1, 0.15) is 17.6 Å². The van der Waals surface area contributed by atoms with Gasteiger partial charge in [-0.15, -0.1) is 0 Å². The van der Waals surface area contributed by atoms with E-state index < -0.39 is 29.4 Å². The van der Waals surface area contributed by atoms with Crippen molar-refractivity contribution in [3.63, 3.8) is 0 Å². The third-order valence-electron chi connectivity index (χ3n) is 3.82. The topological polar surface area (TPSA) is 76.7 Å². The summed E-state index contributed by atoms with van der Waals surface area (Å²) in [7, 11) is 1.40. The molecular weight excluding hydrogens is 389 g/mol. The highest BCUT2D eigenvalue weighted by atomic mass is 19.3. The summed E-state index contributed by atoms with van der Waals surface area (Å²) >= 11 is 0. The van der Waals surface area contributed by atoms with Gasteiger partial charge in [-0.3, -0.25) is 9.59 Å². The summed E-state index contributed by atoms with van der Waals surface area (Å²) in [5, 5.41) is 5.09. The Bertz CT molecular complexity index is 844. The fourth-order valence-corrected chi connectivity index (χ4v) is 2.46. The largest absolute Gasteiger partial charge is 0.429 e. The fourth-order valence-electron chi connectivity index (χ4n) is 2.46. The molecule has 6 nitrogen and oxygen atoms in total. The first-order chi connectivity index (χ1) is 13.7. The second kappa shape index (κ2) is 9.92. The molecule has 29 heavy (non-hydrogen) atoms. The second-order valence-corrected chi connectivity index (χ2v) is 6.20. The minimum absolute atomic E-state index is 0.00730. The van der Waals surface area contributed by atoms with Crippen LogP contribution in [-0.2, 0) is 27.0 Å². The van der Waals surface area contributed by atoms with Crippen molar-refractivity contribution in [3.8, 4) is 5.75 Å². The quantitative estimate of drug-likeness (QED) is 0.667. The van der Waals surface area contributed by atoms with E-state index in [1.807, 2.05) is 0 Å². The number of methoxy groups -OCH3 is 1. The number of alkyl halides is 2. The normalized spacial score (nSPS) is 12.2. The summed E-state index contributed by atoms with van der Waals surface area (Å²) in [5.41, 5.74) is 0.0229. The average molecular weight is 410 g/mol. The molecule has 2 amide bonds. The van der Waals surface area contributed by atoms with Crippen LogP contribution in [0.5, 0.6) is 5.75 Å². The minimum Gasteiger partial charge on any atom is -0.429 e. The molecule has 2 N–H and O–H groups in total. The molecule has 0 aliphatic heterocycles. The van der Waals surface area contributed by atoms with E-state index in [0.717, 1.165) is 12.1 Å². The third-order valence-corrected chi connectivity index (χ3v) is 3.82. The Labute approximate surface area is 166 Å². The SMILES string of the molecule is COCC(NC(C)=O)C(=O)NCc1ccc(OC(F)(F)c2cccc(F)c2)cc1. The molecule has 1 atom stereocenters. The molecule has 0 radical (unpaired) electrons. The van der Waals surface area contributed by atoms with Crippen molar-refractivity contribution in [2.24, 2.45) is 0 Å². The third kappa shape index (κ3) is 6.79. The molecule has 0 saturated heterocycles. The van der Waals surface area contributed by atoms with E-state index in [4.69, 9.17) is 4.74 Å². The standard InChI is InChI=1S/C20H21F3N2O4/c1-13(26)25-18(12-28-2)19(27)24-11-14-6-8-17(9-7-14)29-20(22,23)15-4-3-5-16(21)10-15/h3-10,18H,11-12H2,1-2H3,(H,24,27)(H,25,26). The zero-order chi connectivity index (χ0) is 21.4. The molecule has 1 unspecified atom stereocenters. The molecule has 0 heterocycles. The van der Waals surface area contributed by atoms with Crippen LogP contribution in [0, 0.1) is 5.82 Å². The molecule has 0 aliphatic rings. The monoisotopic (exact) mass is 410 g/mol. The molecule has 0 spiro atoms. The van der Waals surface area contributed by atoms with Crippen molar-refractivity contribution in [1.82, 2.24) is 10.6 Å². The maximum atomic E-state index is 14.1. The van der Waals surface area contributed by atoms with Crippen molar-refractivity contribution in [2.75, 3.05) is 13.7 Å². The van der Waals surface area contributed by atoms with Gasteiger partial charge in [0, 0.05) is 20.6 Å². The molecule has 9 heteroatoms. The molecular formula is C20H21F3N2O4.